The second-order valence-corrected chi connectivity index (χ2v) is 7.90. The van der Waals surface area contributed by atoms with Gasteiger partial charge >= 0.3 is 0 Å². The average molecular weight is 399 g/mol. The SMILES string of the molecule is c1ccc2c(c1)oc1cc3oc4ccc5c(c6ncccc6c6nccn56)c4c3cc12. The van der Waals surface area contributed by atoms with Crippen LogP contribution < -0.4 is 0 Å². The predicted octanol–water partition coefficient (Wildman–Crippen LogP) is 6.83. The molecule has 0 saturated carbocycles. The number of para-hydroxylation sites is 1. The van der Waals surface area contributed by atoms with Gasteiger partial charge in [0.1, 0.15) is 28.0 Å². The van der Waals surface area contributed by atoms with Crippen LogP contribution in [-0.2, 0) is 0 Å². The molecule has 5 nitrogen and oxygen atoms in total. The first-order chi connectivity index (χ1) is 15.4. The topological polar surface area (TPSA) is 56.5 Å². The number of imidazole rings is 1. The molecule has 0 N–H and O–H groups in total. The van der Waals surface area contributed by atoms with E-state index in [1.807, 2.05) is 55.0 Å². The molecule has 0 fully saturated rings. The lowest BCUT2D eigenvalue weighted by molar-refractivity contribution is 0.656. The van der Waals surface area contributed by atoms with Crippen LogP contribution >= 0.6 is 0 Å². The summed E-state index contributed by atoms with van der Waals surface area (Å²) in [6.45, 7) is 0. The molecule has 0 aliphatic heterocycles. The van der Waals surface area contributed by atoms with Crippen LogP contribution in [0.2, 0.25) is 0 Å². The van der Waals surface area contributed by atoms with Crippen LogP contribution in [0.15, 0.2) is 88.1 Å². The van der Waals surface area contributed by atoms with Crippen molar-refractivity contribution in [2.45, 2.75) is 0 Å². The third-order valence-corrected chi connectivity index (χ3v) is 6.30. The third kappa shape index (κ3) is 1.82. The molecule has 31 heavy (non-hydrogen) atoms. The van der Waals surface area contributed by atoms with Crippen LogP contribution in [0.3, 0.4) is 0 Å². The Kier molecular flexibility index (Phi) is 2.60. The largest absolute Gasteiger partial charge is 0.456 e. The summed E-state index contributed by atoms with van der Waals surface area (Å²) in [4.78, 5) is 9.35. The number of furan rings is 2. The Morgan fingerprint density at radius 3 is 2.48 bits per heavy atom. The fourth-order valence-corrected chi connectivity index (χ4v) is 5.00. The Balaban J connectivity index is 1.68. The van der Waals surface area contributed by atoms with Gasteiger partial charge in [-0.3, -0.25) is 9.38 Å². The fraction of sp³-hybridized carbons (Fsp3) is 0. The number of pyridine rings is 2. The molecule has 5 aromatic heterocycles. The van der Waals surface area contributed by atoms with Gasteiger partial charge in [-0.1, -0.05) is 18.2 Å². The van der Waals surface area contributed by atoms with Gasteiger partial charge in [-0.2, -0.15) is 0 Å². The molecule has 0 atom stereocenters. The predicted molar refractivity (Wildman–Crippen MR) is 123 cm³/mol. The molecular weight excluding hydrogens is 386 g/mol. The van der Waals surface area contributed by atoms with Crippen LogP contribution in [0.1, 0.15) is 0 Å². The maximum atomic E-state index is 6.29. The summed E-state index contributed by atoms with van der Waals surface area (Å²) in [5.74, 6) is 0. The maximum Gasteiger partial charge on any atom is 0.146 e. The Hall–Kier alpha value is -4.38. The molecule has 0 saturated heterocycles. The number of rotatable bonds is 0. The van der Waals surface area contributed by atoms with Gasteiger partial charge in [0.25, 0.3) is 0 Å². The Morgan fingerprint density at radius 2 is 1.48 bits per heavy atom. The summed E-state index contributed by atoms with van der Waals surface area (Å²) >= 11 is 0. The fourth-order valence-electron chi connectivity index (χ4n) is 5.00. The van der Waals surface area contributed by atoms with E-state index in [1.165, 1.54) is 0 Å². The van der Waals surface area contributed by atoms with Crippen molar-refractivity contribution in [1.82, 2.24) is 14.4 Å². The van der Waals surface area contributed by atoms with E-state index < -0.39 is 0 Å². The standard InChI is InChI=1S/C26H13N3O2/c1-2-6-19-14(4-1)16-12-17-22(13-21(16)30-19)31-20-8-7-18-24(23(17)20)25-15(5-3-9-27-25)26-28-10-11-29(18)26/h1-13H. The minimum absolute atomic E-state index is 0.809. The Morgan fingerprint density at radius 1 is 0.613 bits per heavy atom. The second kappa shape index (κ2) is 5.21. The van der Waals surface area contributed by atoms with Crippen molar-refractivity contribution in [3.63, 3.8) is 0 Å². The number of fused-ring (bicyclic) bond motifs is 13. The van der Waals surface area contributed by atoms with Crippen molar-refractivity contribution in [1.29, 1.82) is 0 Å². The highest BCUT2D eigenvalue weighted by Gasteiger charge is 2.19. The monoisotopic (exact) mass is 399 g/mol. The maximum absolute atomic E-state index is 6.29. The zero-order valence-electron chi connectivity index (χ0n) is 16.2. The van der Waals surface area contributed by atoms with Gasteiger partial charge in [-0.25, -0.2) is 4.98 Å². The van der Waals surface area contributed by atoms with Crippen LogP contribution in [0, 0.1) is 0 Å². The molecule has 5 heteroatoms. The van der Waals surface area contributed by atoms with Crippen molar-refractivity contribution in [2.75, 3.05) is 0 Å². The van der Waals surface area contributed by atoms with E-state index in [0.717, 1.165) is 71.3 Å². The van der Waals surface area contributed by atoms with Crippen molar-refractivity contribution in [2.24, 2.45) is 0 Å². The lowest BCUT2D eigenvalue weighted by atomic mass is 10.0. The number of nitrogens with zero attached hydrogens (tertiary/aromatic N) is 3. The molecule has 0 aliphatic carbocycles. The van der Waals surface area contributed by atoms with Gasteiger partial charge in [0.15, 0.2) is 0 Å². The third-order valence-electron chi connectivity index (χ3n) is 6.30. The molecule has 0 unspecified atom stereocenters. The molecular formula is C26H13N3O2. The van der Waals surface area contributed by atoms with Gasteiger partial charge in [-0.05, 0) is 36.4 Å². The smallest absolute Gasteiger partial charge is 0.146 e. The van der Waals surface area contributed by atoms with Crippen LogP contribution in [-0.4, -0.2) is 14.4 Å². The molecule has 5 heterocycles. The first-order valence-corrected chi connectivity index (χ1v) is 10.2. The number of benzene rings is 3. The zero-order chi connectivity index (χ0) is 20.1. The van der Waals surface area contributed by atoms with E-state index in [4.69, 9.17) is 13.8 Å². The van der Waals surface area contributed by atoms with Crippen molar-refractivity contribution >= 4 is 71.3 Å². The van der Waals surface area contributed by atoms with Crippen LogP contribution in [0.25, 0.3) is 71.3 Å². The van der Waals surface area contributed by atoms with Gasteiger partial charge in [0.05, 0.1) is 11.0 Å². The highest BCUT2D eigenvalue weighted by atomic mass is 16.3. The zero-order valence-corrected chi connectivity index (χ0v) is 16.2. The quantitative estimate of drug-likeness (QED) is 0.262. The minimum atomic E-state index is 0.809. The normalized spacial score (nSPS) is 12.5. The summed E-state index contributed by atoms with van der Waals surface area (Å²) < 4.78 is 14.5. The van der Waals surface area contributed by atoms with E-state index in [1.54, 1.807) is 0 Å². The summed E-state index contributed by atoms with van der Waals surface area (Å²) in [6, 6.07) is 20.5. The van der Waals surface area contributed by atoms with Crippen molar-refractivity contribution in [3.05, 3.63) is 79.3 Å². The molecule has 8 aromatic rings. The molecule has 0 amide bonds. The van der Waals surface area contributed by atoms with Crippen molar-refractivity contribution in [3.8, 4) is 0 Å². The molecule has 3 aromatic carbocycles. The highest BCUT2D eigenvalue weighted by Crippen LogP contribution is 2.41. The highest BCUT2D eigenvalue weighted by molar-refractivity contribution is 6.28. The van der Waals surface area contributed by atoms with Crippen LogP contribution in [0.5, 0.6) is 0 Å². The Labute approximate surface area is 174 Å². The van der Waals surface area contributed by atoms with E-state index in [2.05, 4.69) is 33.7 Å². The lowest BCUT2D eigenvalue weighted by Crippen LogP contribution is -1.92. The molecule has 8 rings (SSSR count). The van der Waals surface area contributed by atoms with E-state index in [0.29, 0.717) is 0 Å². The molecule has 0 bridgehead atoms. The van der Waals surface area contributed by atoms with Gasteiger partial charge in [0.2, 0.25) is 0 Å². The summed E-state index contributed by atoms with van der Waals surface area (Å²) in [6.07, 6.45) is 5.67. The molecule has 0 spiro atoms. The minimum Gasteiger partial charge on any atom is -0.456 e. The Bertz CT molecular complexity index is 2010. The van der Waals surface area contributed by atoms with E-state index >= 15 is 0 Å². The molecule has 0 aliphatic rings. The molecule has 0 radical (unpaired) electrons. The first kappa shape index (κ1) is 15.5. The molecule has 144 valence electrons. The number of aromatic nitrogens is 3. The van der Waals surface area contributed by atoms with E-state index in [9.17, 15) is 0 Å². The van der Waals surface area contributed by atoms with Gasteiger partial charge in [-0.15, -0.1) is 0 Å². The van der Waals surface area contributed by atoms with Crippen molar-refractivity contribution < 1.29 is 8.83 Å². The van der Waals surface area contributed by atoms with Crippen LogP contribution in [0.4, 0.5) is 0 Å². The number of hydrogen-bond acceptors (Lipinski definition) is 4. The van der Waals surface area contributed by atoms with E-state index in [-0.39, 0.29) is 0 Å². The summed E-state index contributed by atoms with van der Waals surface area (Å²) in [7, 11) is 0. The lowest BCUT2D eigenvalue weighted by Gasteiger charge is -2.08. The number of hydrogen-bond donors (Lipinski definition) is 0. The van der Waals surface area contributed by atoms with Gasteiger partial charge < -0.3 is 8.83 Å². The van der Waals surface area contributed by atoms with Gasteiger partial charge in [0, 0.05) is 57.0 Å². The first-order valence-electron chi connectivity index (χ1n) is 10.2. The second-order valence-electron chi connectivity index (χ2n) is 7.90. The summed E-state index contributed by atoms with van der Waals surface area (Å²) in [5.41, 5.74) is 6.26. The average Bonchev–Trinajstić information content (AvgIpc) is 3.52. The summed E-state index contributed by atoms with van der Waals surface area (Å²) in [5, 5.41) is 6.42.